The maximum absolute atomic E-state index is 12.9. The number of hydrogen-bond donors (Lipinski definition) is 10. The third-order valence-electron chi connectivity index (χ3n) is 10.3. The van der Waals surface area contributed by atoms with Crippen LogP contribution in [0.4, 0.5) is 11.6 Å². The summed E-state index contributed by atoms with van der Waals surface area (Å²) >= 11 is 0. The van der Waals surface area contributed by atoms with E-state index in [0.29, 0.717) is 22.8 Å². The number of hydrogen-bond acceptors (Lipinski definition) is 17. The van der Waals surface area contributed by atoms with Gasteiger partial charge in [0.2, 0.25) is 17.8 Å². The minimum Gasteiger partial charge on any atom is -0.480 e. The molecule has 5 rings (SSSR count). The molecule has 2 atom stereocenters. The Balaban J connectivity index is 1.05. The molecule has 3 aromatic heterocycles. The van der Waals surface area contributed by atoms with Crippen molar-refractivity contribution in [3.05, 3.63) is 81.7 Å². The van der Waals surface area contributed by atoms with Crippen molar-refractivity contribution in [1.29, 1.82) is 0 Å². The van der Waals surface area contributed by atoms with E-state index in [-0.39, 0.29) is 120 Å². The second-order valence-electron chi connectivity index (χ2n) is 15.3. The molecule has 66 heavy (non-hydrogen) atoms. The van der Waals surface area contributed by atoms with Gasteiger partial charge in [0.25, 0.3) is 11.5 Å². The number of carbonyl (C=O) groups excluding carboxylic acids is 3. The maximum Gasteiger partial charge on any atom is 0.326 e. The Morgan fingerprint density at radius 3 is 2.02 bits per heavy atom. The van der Waals surface area contributed by atoms with Crippen molar-refractivity contribution >= 4 is 64.4 Å². The molecule has 0 fully saturated rings. The van der Waals surface area contributed by atoms with Crippen LogP contribution in [0.15, 0.2) is 53.5 Å². The lowest BCUT2D eigenvalue weighted by Gasteiger charge is -2.32. The molecule has 11 N–H and O–H groups in total. The summed E-state index contributed by atoms with van der Waals surface area (Å²) in [6.07, 6.45) is 0.625. The minimum absolute atomic E-state index is 0.0156. The fourth-order valence-electron chi connectivity index (χ4n) is 6.98. The number of nitrogen functional groups attached to an aromatic ring is 1. The molecule has 4 aromatic rings. The first-order valence-corrected chi connectivity index (χ1v) is 20.7. The smallest absolute Gasteiger partial charge is 0.326 e. The second-order valence-corrected chi connectivity index (χ2v) is 15.3. The fourth-order valence-corrected chi connectivity index (χ4v) is 6.98. The molecule has 1 aliphatic heterocycles. The molecule has 4 heterocycles. The summed E-state index contributed by atoms with van der Waals surface area (Å²) in [7, 11) is 0. The SMILES string of the molecule is Nc1nc2ncc(CNc3ccc(C(=O)N[C@@H](CCC(=O)NCCNC(=O)CCC(C(=O)O)N4CCN(CC(=O)O)CCN(CC(=O)O)Cc5cccc(n5)C4)C(=O)O)cc3)nc2c(=O)[nH]1. The predicted molar refractivity (Wildman–Crippen MR) is 233 cm³/mol. The highest BCUT2D eigenvalue weighted by atomic mass is 16.4. The molecule has 1 aliphatic rings. The van der Waals surface area contributed by atoms with Crippen LogP contribution in [0.1, 0.15) is 53.1 Å². The monoisotopic (exact) mass is 917 g/mol. The first kappa shape index (κ1) is 49.4. The maximum atomic E-state index is 12.9. The number of amides is 3. The summed E-state index contributed by atoms with van der Waals surface area (Å²) in [4.78, 5) is 122. The zero-order valence-corrected chi connectivity index (χ0v) is 35.6. The average molecular weight is 918 g/mol. The zero-order valence-electron chi connectivity index (χ0n) is 35.6. The van der Waals surface area contributed by atoms with Gasteiger partial charge in [0.15, 0.2) is 11.2 Å². The molecule has 1 aromatic carbocycles. The second kappa shape index (κ2) is 23.9. The van der Waals surface area contributed by atoms with E-state index in [0.717, 1.165) is 0 Å². The van der Waals surface area contributed by atoms with E-state index in [9.17, 15) is 58.8 Å². The van der Waals surface area contributed by atoms with Crippen molar-refractivity contribution in [2.75, 3.05) is 63.4 Å². The van der Waals surface area contributed by atoms with Crippen LogP contribution in [-0.4, -0.2) is 166 Å². The van der Waals surface area contributed by atoms with Crippen LogP contribution in [0, 0.1) is 0 Å². The molecule has 1 unspecified atom stereocenters. The van der Waals surface area contributed by atoms with Crippen LogP contribution in [-0.2, 0) is 48.4 Å². The van der Waals surface area contributed by atoms with Crippen molar-refractivity contribution in [3.8, 4) is 0 Å². The third kappa shape index (κ3) is 15.6. The number of carbonyl (C=O) groups is 7. The van der Waals surface area contributed by atoms with Gasteiger partial charge < -0.3 is 47.4 Å². The molecule has 3 amide bonds. The van der Waals surface area contributed by atoms with Crippen LogP contribution >= 0.6 is 0 Å². The van der Waals surface area contributed by atoms with E-state index in [1.807, 2.05) is 0 Å². The quantitative estimate of drug-likeness (QED) is 0.0426. The zero-order chi connectivity index (χ0) is 47.8. The number of aliphatic carboxylic acids is 4. The van der Waals surface area contributed by atoms with Crippen molar-refractivity contribution in [2.24, 2.45) is 0 Å². The lowest BCUT2D eigenvalue weighted by Crippen LogP contribution is -2.47. The predicted octanol–water partition coefficient (Wildman–Crippen LogP) is -1.48. The molecule has 25 nitrogen and oxygen atoms in total. The van der Waals surface area contributed by atoms with E-state index in [1.165, 1.54) is 18.3 Å². The number of aromatic nitrogens is 5. The standard InChI is InChI=1S/C41H51N13O12/c42-41-50-36-35(38(62)51-41)48-28(19-46-36)18-45-25-6-4-24(5-7-25)37(61)49-29(39(63)64)8-10-31(55)43-12-13-44-32(56)11-9-30(40(65)66)54-17-16-52(22-33(57)58)14-15-53(23-34(59)60)20-26-2-1-3-27(21-54)47-26/h1-7,19,29-30,45H,8-18,20-23H2,(H,43,55)(H,44,56)(H,49,61)(H,57,58)(H,59,60)(H,63,64)(H,65,66)(H3,42,46,50,51,62)/t29-,30?/m0/s1. The van der Waals surface area contributed by atoms with Crippen LogP contribution in [0.3, 0.4) is 0 Å². The number of fused-ring (bicyclic) bond motifs is 3. The van der Waals surface area contributed by atoms with Crippen LogP contribution in [0.5, 0.6) is 0 Å². The highest BCUT2D eigenvalue weighted by Gasteiger charge is 2.29. The number of anilines is 2. The lowest BCUT2D eigenvalue weighted by molar-refractivity contribution is -0.145. The number of nitrogens with one attached hydrogen (secondary N) is 5. The minimum atomic E-state index is -1.40. The molecule has 0 saturated carbocycles. The Morgan fingerprint density at radius 1 is 0.742 bits per heavy atom. The van der Waals surface area contributed by atoms with Crippen molar-refractivity contribution in [3.63, 3.8) is 0 Å². The van der Waals surface area contributed by atoms with Gasteiger partial charge in [-0.25, -0.2) is 14.8 Å². The molecule has 2 bridgehead atoms. The van der Waals surface area contributed by atoms with E-state index in [1.54, 1.807) is 45.0 Å². The fraction of sp³-hybridized carbons (Fsp3) is 0.415. The number of benzene rings is 1. The number of nitrogens with zero attached hydrogens (tertiary/aromatic N) is 7. The third-order valence-corrected chi connectivity index (χ3v) is 10.3. The largest absolute Gasteiger partial charge is 0.480 e. The van der Waals surface area contributed by atoms with Crippen LogP contribution < -0.4 is 32.6 Å². The van der Waals surface area contributed by atoms with Gasteiger partial charge >= 0.3 is 23.9 Å². The first-order valence-electron chi connectivity index (χ1n) is 20.7. The van der Waals surface area contributed by atoms with Crippen LogP contribution in [0.2, 0.25) is 0 Å². The van der Waals surface area contributed by atoms with Gasteiger partial charge in [0.05, 0.1) is 42.9 Å². The number of H-pyrrole nitrogens is 1. The Hall–Kier alpha value is -7.64. The molecule has 0 radical (unpaired) electrons. The van der Waals surface area contributed by atoms with Gasteiger partial charge in [0.1, 0.15) is 12.1 Å². The molecule has 25 heteroatoms. The Labute approximate surface area is 375 Å². The molecule has 0 saturated heterocycles. The van der Waals surface area contributed by atoms with E-state index < -0.39 is 59.2 Å². The van der Waals surface area contributed by atoms with Gasteiger partial charge in [-0.15, -0.1) is 0 Å². The number of carboxylic acids is 4. The molecule has 352 valence electrons. The van der Waals surface area contributed by atoms with E-state index in [2.05, 4.69) is 46.2 Å². The summed E-state index contributed by atoms with van der Waals surface area (Å²) in [6.45, 7) is 0.409. The number of nitrogens with two attached hydrogens (primary N) is 1. The van der Waals surface area contributed by atoms with Crippen molar-refractivity contribution < 1.29 is 54.0 Å². The van der Waals surface area contributed by atoms with Gasteiger partial charge in [-0.2, -0.15) is 4.98 Å². The summed E-state index contributed by atoms with van der Waals surface area (Å²) in [5.41, 5.74) is 7.35. The van der Waals surface area contributed by atoms with E-state index >= 15 is 0 Å². The van der Waals surface area contributed by atoms with Crippen molar-refractivity contribution in [1.82, 2.24) is 55.6 Å². The van der Waals surface area contributed by atoms with Gasteiger partial charge in [-0.1, -0.05) is 6.07 Å². The van der Waals surface area contributed by atoms with Crippen molar-refractivity contribution in [2.45, 2.75) is 57.4 Å². The van der Waals surface area contributed by atoms with Gasteiger partial charge in [0, 0.05) is 76.5 Å². The molecular weight excluding hydrogens is 867 g/mol. The lowest BCUT2D eigenvalue weighted by atomic mass is 10.1. The topological polar surface area (TPSA) is 369 Å². The Bertz CT molecular complexity index is 2450. The molecule has 0 spiro atoms. The number of rotatable bonds is 21. The van der Waals surface area contributed by atoms with Gasteiger partial charge in [-0.05, 0) is 49.2 Å². The Morgan fingerprint density at radius 2 is 1.36 bits per heavy atom. The molecule has 0 aliphatic carbocycles. The van der Waals surface area contributed by atoms with Gasteiger partial charge in [-0.3, -0.25) is 58.2 Å². The van der Waals surface area contributed by atoms with Crippen LogP contribution in [0.25, 0.3) is 11.2 Å². The number of pyridine rings is 1. The summed E-state index contributed by atoms with van der Waals surface area (Å²) in [5.74, 6) is -6.50. The normalized spacial score (nSPS) is 14.7. The average Bonchev–Trinajstić information content (AvgIpc) is 3.26. The highest BCUT2D eigenvalue weighted by Crippen LogP contribution is 2.16. The summed E-state index contributed by atoms with van der Waals surface area (Å²) in [6, 6.07) is 8.71. The Kier molecular flexibility index (Phi) is 17.9. The summed E-state index contributed by atoms with van der Waals surface area (Å²) in [5, 5.41) is 49.6. The highest BCUT2D eigenvalue weighted by molar-refractivity contribution is 5.97. The number of carboxylic acid groups (broad SMARTS) is 4. The first-order chi connectivity index (χ1) is 31.5. The van der Waals surface area contributed by atoms with E-state index in [4.69, 9.17) is 5.73 Å². The summed E-state index contributed by atoms with van der Waals surface area (Å²) < 4.78 is 0. The molecular formula is C41H51N13O12. The number of aromatic amines is 1.